The van der Waals surface area contributed by atoms with E-state index >= 15 is 0 Å². The molecular formula is C25H24N4O5S. The molecule has 180 valence electrons. The zero-order valence-corrected chi connectivity index (χ0v) is 20.5. The Balaban J connectivity index is 1.92. The molecular weight excluding hydrogens is 468 g/mol. The number of carbonyl (C=O) groups is 1. The lowest BCUT2D eigenvalue weighted by atomic mass is 9.95. The Bertz CT molecular complexity index is 1520. The van der Waals surface area contributed by atoms with Crippen molar-refractivity contribution in [2.45, 2.75) is 19.9 Å². The number of hydrogen-bond donors (Lipinski definition) is 0. The van der Waals surface area contributed by atoms with Gasteiger partial charge in [-0.25, -0.2) is 9.79 Å². The maximum Gasteiger partial charge on any atom is 0.338 e. The van der Waals surface area contributed by atoms with E-state index in [0.717, 1.165) is 11.3 Å². The van der Waals surface area contributed by atoms with Crippen LogP contribution >= 0.6 is 11.3 Å². The van der Waals surface area contributed by atoms with Crippen molar-refractivity contribution < 1.29 is 14.5 Å². The monoisotopic (exact) mass is 492 g/mol. The smallest absolute Gasteiger partial charge is 0.338 e. The average molecular weight is 493 g/mol. The van der Waals surface area contributed by atoms with E-state index in [4.69, 9.17) is 4.74 Å². The molecule has 1 aromatic heterocycles. The first-order valence-electron chi connectivity index (χ1n) is 10.9. The predicted octanol–water partition coefficient (Wildman–Crippen LogP) is 2.77. The number of rotatable bonds is 6. The van der Waals surface area contributed by atoms with Crippen LogP contribution in [0.4, 0.5) is 11.4 Å². The van der Waals surface area contributed by atoms with Crippen molar-refractivity contribution >= 4 is 34.8 Å². The van der Waals surface area contributed by atoms with E-state index < -0.39 is 16.9 Å². The molecule has 0 saturated heterocycles. The van der Waals surface area contributed by atoms with Crippen molar-refractivity contribution in [3.8, 4) is 0 Å². The van der Waals surface area contributed by atoms with Crippen molar-refractivity contribution in [2.24, 2.45) is 4.99 Å². The van der Waals surface area contributed by atoms with Crippen molar-refractivity contribution in [3.05, 3.63) is 101 Å². The first-order chi connectivity index (χ1) is 16.7. The topological polar surface area (TPSA) is 107 Å². The average Bonchev–Trinajstić information content (AvgIpc) is 3.13. The third-order valence-corrected chi connectivity index (χ3v) is 6.60. The lowest BCUT2D eigenvalue weighted by Crippen LogP contribution is -2.40. The number of nitro benzene ring substituents is 1. The molecule has 3 aromatic rings. The number of esters is 1. The molecule has 2 aromatic carbocycles. The van der Waals surface area contributed by atoms with Crippen molar-refractivity contribution in [1.82, 2.24) is 4.57 Å². The molecule has 0 unspecified atom stereocenters. The van der Waals surface area contributed by atoms with Gasteiger partial charge in [0.25, 0.3) is 11.2 Å². The summed E-state index contributed by atoms with van der Waals surface area (Å²) in [5.74, 6) is -0.612. The van der Waals surface area contributed by atoms with E-state index in [1.165, 1.54) is 34.1 Å². The Hall–Kier alpha value is -4.05. The van der Waals surface area contributed by atoms with Crippen LogP contribution in [0.1, 0.15) is 31.0 Å². The molecule has 9 nitrogen and oxygen atoms in total. The molecule has 1 aliphatic rings. The number of anilines is 1. The number of ether oxygens (including phenoxy) is 1. The van der Waals surface area contributed by atoms with Gasteiger partial charge in [0.05, 0.1) is 33.4 Å². The van der Waals surface area contributed by atoms with Gasteiger partial charge in [-0.1, -0.05) is 35.6 Å². The van der Waals surface area contributed by atoms with E-state index in [9.17, 15) is 19.7 Å². The lowest BCUT2D eigenvalue weighted by Gasteiger charge is -2.24. The summed E-state index contributed by atoms with van der Waals surface area (Å²) in [4.78, 5) is 44.3. The number of hydrogen-bond acceptors (Lipinski definition) is 8. The predicted molar refractivity (Wildman–Crippen MR) is 134 cm³/mol. The van der Waals surface area contributed by atoms with E-state index in [2.05, 4.69) is 4.99 Å². The molecule has 0 N–H and O–H groups in total. The highest BCUT2D eigenvalue weighted by Crippen LogP contribution is 2.32. The number of aromatic nitrogens is 1. The van der Waals surface area contributed by atoms with Crippen LogP contribution < -0.4 is 19.8 Å². The second-order valence-electron chi connectivity index (χ2n) is 8.14. The standard InChI is InChI=1S/C25H24N4O5S/c1-5-34-24(31)21-15(2)26-25-28(22(21)17-7-6-8-19(14-17)29(32)33)23(30)20(35-25)13-16-9-11-18(12-10-16)27(3)4/h6-14,22H,5H2,1-4H3/t22-/m0/s1. The Kier molecular flexibility index (Phi) is 6.65. The first-order valence-corrected chi connectivity index (χ1v) is 11.7. The molecule has 0 bridgehead atoms. The summed E-state index contributed by atoms with van der Waals surface area (Å²) in [5, 5.41) is 11.4. The summed E-state index contributed by atoms with van der Waals surface area (Å²) in [7, 11) is 3.90. The number of allylic oxidation sites excluding steroid dienone is 1. The second-order valence-corrected chi connectivity index (χ2v) is 9.15. The van der Waals surface area contributed by atoms with E-state index in [-0.39, 0.29) is 23.4 Å². The quantitative estimate of drug-likeness (QED) is 0.298. The van der Waals surface area contributed by atoms with Gasteiger partial charge in [-0.2, -0.15) is 0 Å². The van der Waals surface area contributed by atoms with Gasteiger partial charge in [0.15, 0.2) is 4.80 Å². The zero-order chi connectivity index (χ0) is 25.3. The molecule has 0 fully saturated rings. The number of fused-ring (bicyclic) bond motifs is 1. The van der Waals surface area contributed by atoms with Gasteiger partial charge in [0.2, 0.25) is 0 Å². The highest BCUT2D eigenvalue weighted by Gasteiger charge is 2.34. The maximum absolute atomic E-state index is 13.6. The Morgan fingerprint density at radius 3 is 2.60 bits per heavy atom. The number of non-ortho nitro benzene ring substituents is 1. The minimum absolute atomic E-state index is 0.136. The van der Waals surface area contributed by atoms with Crippen LogP contribution in [-0.2, 0) is 9.53 Å². The minimum Gasteiger partial charge on any atom is -0.463 e. The summed E-state index contributed by atoms with van der Waals surface area (Å²) in [6.07, 6.45) is 1.77. The summed E-state index contributed by atoms with van der Waals surface area (Å²) in [6.45, 7) is 3.51. The number of nitro groups is 1. The highest BCUT2D eigenvalue weighted by atomic mass is 32.1. The molecule has 0 spiro atoms. The van der Waals surface area contributed by atoms with Crippen molar-refractivity contribution in [1.29, 1.82) is 0 Å². The fourth-order valence-corrected chi connectivity index (χ4v) is 4.98. The van der Waals surface area contributed by atoms with Crippen LogP contribution in [0.15, 0.2) is 69.6 Å². The van der Waals surface area contributed by atoms with Crippen LogP contribution in [-0.4, -0.2) is 36.2 Å². The van der Waals surface area contributed by atoms with Gasteiger partial charge in [0.1, 0.15) is 0 Å². The van der Waals surface area contributed by atoms with E-state index in [0.29, 0.717) is 20.6 Å². The number of carbonyl (C=O) groups excluding carboxylic acids is 1. The second kappa shape index (κ2) is 9.67. The number of benzene rings is 2. The van der Waals surface area contributed by atoms with E-state index in [1.807, 2.05) is 43.3 Å². The molecule has 2 heterocycles. The maximum atomic E-state index is 13.6. The van der Waals surface area contributed by atoms with Crippen LogP contribution in [0.5, 0.6) is 0 Å². The fourth-order valence-electron chi connectivity index (χ4n) is 3.94. The summed E-state index contributed by atoms with van der Waals surface area (Å²) >= 11 is 1.20. The third kappa shape index (κ3) is 4.65. The Morgan fingerprint density at radius 1 is 1.26 bits per heavy atom. The van der Waals surface area contributed by atoms with Gasteiger partial charge in [-0.15, -0.1) is 0 Å². The Labute approximate surface area is 205 Å². The summed E-state index contributed by atoms with van der Waals surface area (Å²) in [6, 6.07) is 12.8. The molecule has 0 saturated carbocycles. The molecule has 35 heavy (non-hydrogen) atoms. The number of thiazole rings is 1. The van der Waals surface area contributed by atoms with Crippen LogP contribution in [0, 0.1) is 10.1 Å². The lowest BCUT2D eigenvalue weighted by molar-refractivity contribution is -0.384. The van der Waals surface area contributed by atoms with Gasteiger partial charge in [0, 0.05) is 31.9 Å². The molecule has 1 aliphatic heterocycles. The van der Waals surface area contributed by atoms with Gasteiger partial charge in [-0.05, 0) is 43.2 Å². The zero-order valence-electron chi connectivity index (χ0n) is 19.7. The third-order valence-electron chi connectivity index (χ3n) is 5.62. The summed E-state index contributed by atoms with van der Waals surface area (Å²) in [5.41, 5.74) is 2.42. The Morgan fingerprint density at radius 2 is 1.97 bits per heavy atom. The minimum atomic E-state index is -0.900. The normalized spacial score (nSPS) is 15.4. The summed E-state index contributed by atoms with van der Waals surface area (Å²) < 4.78 is 7.11. The molecule has 0 radical (unpaired) electrons. The molecule has 4 rings (SSSR count). The van der Waals surface area contributed by atoms with Crippen LogP contribution in [0.3, 0.4) is 0 Å². The fraction of sp³-hybridized carbons (Fsp3) is 0.240. The van der Waals surface area contributed by atoms with Crippen LogP contribution in [0.2, 0.25) is 0 Å². The molecule has 0 aliphatic carbocycles. The molecule has 0 amide bonds. The van der Waals surface area contributed by atoms with Crippen molar-refractivity contribution in [3.63, 3.8) is 0 Å². The van der Waals surface area contributed by atoms with E-state index in [1.54, 1.807) is 26.0 Å². The largest absolute Gasteiger partial charge is 0.463 e. The van der Waals surface area contributed by atoms with Gasteiger partial charge in [-0.3, -0.25) is 19.5 Å². The molecule has 1 atom stereocenters. The van der Waals surface area contributed by atoms with Gasteiger partial charge >= 0.3 is 5.97 Å². The van der Waals surface area contributed by atoms with Crippen LogP contribution in [0.25, 0.3) is 6.08 Å². The van der Waals surface area contributed by atoms with Gasteiger partial charge < -0.3 is 9.64 Å². The SMILES string of the molecule is CCOC(=O)C1=C(C)N=c2sc(=Cc3ccc(N(C)C)cc3)c(=O)n2[C@H]1c1cccc([N+](=O)[O-])c1. The molecule has 10 heteroatoms. The van der Waals surface area contributed by atoms with Crippen molar-refractivity contribution in [2.75, 3.05) is 25.6 Å². The highest BCUT2D eigenvalue weighted by molar-refractivity contribution is 7.07. The number of nitrogens with zero attached hydrogens (tertiary/aromatic N) is 4. The first kappa shape index (κ1) is 24.1.